The number of para-hydroxylation sites is 1. The molecule has 1 aliphatic heterocycles. The lowest BCUT2D eigenvalue weighted by Gasteiger charge is -2.38. The maximum atomic E-state index is 6.34. The molecule has 7 nitrogen and oxygen atoms in total. The molecular formula is C24H37N7. The number of nitrogen functional groups attached to an aromatic ring is 1. The van der Waals surface area contributed by atoms with Gasteiger partial charge in [-0.3, -0.25) is 0 Å². The third-order valence-electron chi connectivity index (χ3n) is 6.65. The van der Waals surface area contributed by atoms with Gasteiger partial charge >= 0.3 is 0 Å². The number of hydrogen-bond donors (Lipinski definition) is 3. The molecule has 0 saturated carbocycles. The lowest BCUT2D eigenvalue weighted by Crippen LogP contribution is -2.59. The zero-order valence-electron chi connectivity index (χ0n) is 19.2. The topological polar surface area (TPSA) is 98.0 Å². The first-order valence-electron chi connectivity index (χ1n) is 11.8. The van der Waals surface area contributed by atoms with Gasteiger partial charge in [-0.25, -0.2) is 20.4 Å². The second-order valence-corrected chi connectivity index (χ2v) is 9.27. The van der Waals surface area contributed by atoms with E-state index in [4.69, 9.17) is 16.5 Å². The van der Waals surface area contributed by atoms with E-state index in [-0.39, 0.29) is 5.66 Å². The molecule has 31 heavy (non-hydrogen) atoms. The van der Waals surface area contributed by atoms with Crippen LogP contribution in [0.4, 0.5) is 5.82 Å². The SMILES string of the molecule is CCCCc1nc2c(N)nc3ccccc3c2n1CC1CCN(NC(C)(N)CC)CC1. The van der Waals surface area contributed by atoms with Gasteiger partial charge < -0.3 is 16.0 Å². The molecule has 1 saturated heterocycles. The van der Waals surface area contributed by atoms with Gasteiger partial charge in [0.25, 0.3) is 0 Å². The van der Waals surface area contributed by atoms with Gasteiger partial charge in [-0.15, -0.1) is 0 Å². The minimum Gasteiger partial charge on any atom is -0.382 e. The van der Waals surface area contributed by atoms with Crippen LogP contribution in [0.5, 0.6) is 0 Å². The van der Waals surface area contributed by atoms with Crippen molar-refractivity contribution in [3.63, 3.8) is 0 Å². The number of aryl methyl sites for hydroxylation is 1. The van der Waals surface area contributed by atoms with Crippen LogP contribution in [0.15, 0.2) is 24.3 Å². The Bertz CT molecular complexity index is 1030. The summed E-state index contributed by atoms with van der Waals surface area (Å²) in [5, 5.41) is 3.43. The van der Waals surface area contributed by atoms with Crippen molar-refractivity contribution in [2.75, 3.05) is 18.8 Å². The number of hydrogen-bond acceptors (Lipinski definition) is 6. The van der Waals surface area contributed by atoms with Gasteiger partial charge in [-0.05, 0) is 44.6 Å². The minimum atomic E-state index is -0.343. The number of benzene rings is 1. The largest absolute Gasteiger partial charge is 0.382 e. The summed E-state index contributed by atoms with van der Waals surface area (Å²) < 4.78 is 2.44. The molecule has 0 radical (unpaired) electrons. The van der Waals surface area contributed by atoms with E-state index in [1.54, 1.807) is 0 Å². The third kappa shape index (κ3) is 4.68. The van der Waals surface area contributed by atoms with Gasteiger partial charge in [-0.2, -0.15) is 0 Å². The summed E-state index contributed by atoms with van der Waals surface area (Å²) in [5.74, 6) is 2.28. The van der Waals surface area contributed by atoms with Gasteiger partial charge in [0.05, 0.1) is 16.7 Å². The third-order valence-corrected chi connectivity index (χ3v) is 6.65. The molecule has 1 aromatic carbocycles. The molecule has 1 fully saturated rings. The van der Waals surface area contributed by atoms with E-state index in [1.807, 2.05) is 12.1 Å². The zero-order chi connectivity index (χ0) is 22.0. The Balaban J connectivity index is 1.62. The van der Waals surface area contributed by atoms with E-state index in [0.29, 0.717) is 11.7 Å². The van der Waals surface area contributed by atoms with E-state index in [1.165, 1.54) is 0 Å². The highest BCUT2D eigenvalue weighted by Gasteiger charge is 2.26. The maximum Gasteiger partial charge on any atom is 0.152 e. The number of anilines is 1. The standard InChI is InChI=1S/C24H37N7/c1-4-6-11-20-28-21-22(18-9-7-8-10-19(18)27-23(21)25)31(20)16-17-12-14-30(15-13-17)29-24(3,26)5-2/h7-10,17,29H,4-6,11-16,26H2,1-3H3,(H2,25,27). The molecule has 2 aromatic heterocycles. The molecule has 0 amide bonds. The summed E-state index contributed by atoms with van der Waals surface area (Å²) in [6, 6.07) is 8.27. The zero-order valence-corrected chi connectivity index (χ0v) is 19.2. The van der Waals surface area contributed by atoms with Crippen LogP contribution in [0.2, 0.25) is 0 Å². The lowest BCUT2D eigenvalue weighted by molar-refractivity contribution is 0.0663. The number of hydrazine groups is 1. The number of fused-ring (bicyclic) bond motifs is 3. The normalized spacial score (nSPS) is 18.1. The molecular weight excluding hydrogens is 386 g/mol. The van der Waals surface area contributed by atoms with Crippen LogP contribution >= 0.6 is 0 Å². The molecule has 0 spiro atoms. The molecule has 4 rings (SSSR count). The number of aromatic nitrogens is 3. The van der Waals surface area contributed by atoms with E-state index in [0.717, 1.165) is 85.9 Å². The van der Waals surface area contributed by atoms with Crippen LogP contribution in [0.25, 0.3) is 21.9 Å². The Hall–Kier alpha value is -2.22. The quantitative estimate of drug-likeness (QED) is 0.477. The summed E-state index contributed by atoms with van der Waals surface area (Å²) in [5.41, 5.74) is 18.7. The Labute approximate surface area is 185 Å². The summed E-state index contributed by atoms with van der Waals surface area (Å²) in [4.78, 5) is 9.59. The Kier molecular flexibility index (Phi) is 6.46. The Morgan fingerprint density at radius 2 is 1.90 bits per heavy atom. The fourth-order valence-electron chi connectivity index (χ4n) is 4.55. The second-order valence-electron chi connectivity index (χ2n) is 9.27. The van der Waals surface area contributed by atoms with Crippen molar-refractivity contribution in [1.29, 1.82) is 0 Å². The summed E-state index contributed by atoms with van der Waals surface area (Å²) in [6.45, 7) is 9.40. The molecule has 1 aliphatic rings. The predicted octanol–water partition coefficient (Wildman–Crippen LogP) is 3.81. The average molecular weight is 424 g/mol. The second kappa shape index (κ2) is 9.10. The van der Waals surface area contributed by atoms with E-state index in [9.17, 15) is 0 Å². The van der Waals surface area contributed by atoms with Crippen LogP contribution in [0.3, 0.4) is 0 Å². The molecule has 1 atom stereocenters. The van der Waals surface area contributed by atoms with E-state index >= 15 is 0 Å². The van der Waals surface area contributed by atoms with E-state index < -0.39 is 0 Å². The molecule has 0 aliphatic carbocycles. The fourth-order valence-corrected chi connectivity index (χ4v) is 4.55. The number of unbranched alkanes of at least 4 members (excludes halogenated alkanes) is 1. The lowest BCUT2D eigenvalue weighted by atomic mass is 9.97. The van der Waals surface area contributed by atoms with Crippen molar-refractivity contribution in [2.24, 2.45) is 11.7 Å². The van der Waals surface area contributed by atoms with Crippen LogP contribution in [0, 0.1) is 5.92 Å². The van der Waals surface area contributed by atoms with Crippen molar-refractivity contribution >= 4 is 27.8 Å². The number of rotatable bonds is 8. The Morgan fingerprint density at radius 1 is 1.16 bits per heavy atom. The molecule has 3 heterocycles. The molecule has 1 unspecified atom stereocenters. The fraction of sp³-hybridized carbons (Fsp3) is 0.583. The number of nitrogens with one attached hydrogen (secondary N) is 1. The first-order chi connectivity index (χ1) is 14.9. The van der Waals surface area contributed by atoms with Gasteiger partial charge in [0, 0.05) is 31.4 Å². The number of nitrogens with two attached hydrogens (primary N) is 2. The first-order valence-corrected chi connectivity index (χ1v) is 11.8. The highest BCUT2D eigenvalue weighted by Crippen LogP contribution is 2.31. The number of piperidine rings is 1. The molecule has 5 N–H and O–H groups in total. The molecule has 168 valence electrons. The van der Waals surface area contributed by atoms with Crippen molar-refractivity contribution in [1.82, 2.24) is 25.0 Å². The van der Waals surface area contributed by atoms with Crippen LogP contribution in [-0.4, -0.2) is 38.3 Å². The number of nitrogens with zero attached hydrogens (tertiary/aromatic N) is 4. The minimum absolute atomic E-state index is 0.343. The Morgan fingerprint density at radius 3 is 2.61 bits per heavy atom. The van der Waals surface area contributed by atoms with Crippen molar-refractivity contribution in [3.05, 3.63) is 30.1 Å². The predicted molar refractivity (Wildman–Crippen MR) is 128 cm³/mol. The van der Waals surface area contributed by atoms with Crippen LogP contribution < -0.4 is 16.9 Å². The summed E-state index contributed by atoms with van der Waals surface area (Å²) >= 11 is 0. The maximum absolute atomic E-state index is 6.34. The highest BCUT2D eigenvalue weighted by atomic mass is 15.5. The number of imidazole rings is 1. The monoisotopic (exact) mass is 423 g/mol. The van der Waals surface area contributed by atoms with Crippen molar-refractivity contribution < 1.29 is 0 Å². The van der Waals surface area contributed by atoms with Crippen LogP contribution in [0.1, 0.15) is 58.7 Å². The average Bonchev–Trinajstić information content (AvgIpc) is 3.12. The first kappa shape index (κ1) is 22.0. The molecule has 0 bridgehead atoms. The van der Waals surface area contributed by atoms with Gasteiger partial charge in [0.1, 0.15) is 11.3 Å². The number of pyridine rings is 1. The van der Waals surface area contributed by atoms with Gasteiger partial charge in [-0.1, -0.05) is 38.5 Å². The highest BCUT2D eigenvalue weighted by molar-refractivity contribution is 6.06. The molecule has 7 heteroatoms. The van der Waals surface area contributed by atoms with Gasteiger partial charge in [0.15, 0.2) is 5.82 Å². The smallest absolute Gasteiger partial charge is 0.152 e. The van der Waals surface area contributed by atoms with Crippen molar-refractivity contribution in [3.8, 4) is 0 Å². The summed E-state index contributed by atoms with van der Waals surface area (Å²) in [7, 11) is 0. The molecule has 3 aromatic rings. The van der Waals surface area contributed by atoms with E-state index in [2.05, 4.69) is 52.9 Å². The van der Waals surface area contributed by atoms with Crippen LogP contribution in [-0.2, 0) is 13.0 Å². The summed E-state index contributed by atoms with van der Waals surface area (Å²) in [6.07, 6.45) is 6.43. The van der Waals surface area contributed by atoms with Gasteiger partial charge in [0.2, 0.25) is 0 Å². The van der Waals surface area contributed by atoms with Crippen molar-refractivity contribution in [2.45, 2.75) is 71.5 Å².